The number of hydrogen-bond acceptors (Lipinski definition) is 3. The largest absolute Gasteiger partial charge is 0.486 e. The van der Waals surface area contributed by atoms with Crippen molar-refractivity contribution in [3.8, 4) is 11.5 Å². The lowest BCUT2D eigenvalue weighted by Crippen LogP contribution is -2.32. The molecule has 1 saturated carbocycles. The number of aryl methyl sites for hydroxylation is 1. The highest BCUT2D eigenvalue weighted by molar-refractivity contribution is 5.51. The molecular formula is C15H21NO2. The molecule has 3 rings (SSSR count). The molecule has 2 aliphatic rings. The number of rotatable bonds is 2. The van der Waals surface area contributed by atoms with Crippen molar-refractivity contribution in [1.29, 1.82) is 0 Å². The minimum Gasteiger partial charge on any atom is -0.486 e. The molecule has 3 nitrogen and oxygen atoms in total. The van der Waals surface area contributed by atoms with E-state index in [0.717, 1.165) is 18.0 Å². The second-order valence-corrected chi connectivity index (χ2v) is 5.51. The van der Waals surface area contributed by atoms with Gasteiger partial charge in [-0.3, -0.25) is 0 Å². The van der Waals surface area contributed by atoms with E-state index >= 15 is 0 Å². The fraction of sp³-hybridized carbons (Fsp3) is 0.600. The van der Waals surface area contributed by atoms with Crippen molar-refractivity contribution < 1.29 is 9.47 Å². The smallest absolute Gasteiger partial charge is 0.164 e. The summed E-state index contributed by atoms with van der Waals surface area (Å²) in [5, 5.41) is 0. The van der Waals surface area contributed by atoms with Crippen molar-refractivity contribution in [2.24, 2.45) is 5.73 Å². The SMILES string of the molecule is Cc1cc(C2(CN)CCCC2)cc2c1OCCO2. The van der Waals surface area contributed by atoms with Crippen LogP contribution in [0, 0.1) is 6.92 Å². The zero-order chi connectivity index (χ0) is 12.6. The van der Waals surface area contributed by atoms with Crippen molar-refractivity contribution in [1.82, 2.24) is 0 Å². The van der Waals surface area contributed by atoms with Gasteiger partial charge in [0.25, 0.3) is 0 Å². The van der Waals surface area contributed by atoms with E-state index < -0.39 is 0 Å². The fourth-order valence-electron chi connectivity index (χ4n) is 3.30. The van der Waals surface area contributed by atoms with Crippen molar-refractivity contribution in [3.63, 3.8) is 0 Å². The van der Waals surface area contributed by atoms with Crippen molar-refractivity contribution in [3.05, 3.63) is 23.3 Å². The first-order valence-electron chi connectivity index (χ1n) is 6.86. The lowest BCUT2D eigenvalue weighted by atomic mass is 9.78. The first kappa shape index (κ1) is 11.8. The molecule has 1 aliphatic carbocycles. The minimum atomic E-state index is 0.167. The zero-order valence-electron chi connectivity index (χ0n) is 11.0. The average molecular weight is 247 g/mol. The lowest BCUT2D eigenvalue weighted by Gasteiger charge is -2.30. The predicted octanol–water partition coefficient (Wildman–Crippen LogP) is 2.54. The van der Waals surface area contributed by atoms with Gasteiger partial charge < -0.3 is 15.2 Å². The molecule has 1 fully saturated rings. The minimum absolute atomic E-state index is 0.167. The Balaban J connectivity index is 2.04. The number of benzene rings is 1. The summed E-state index contributed by atoms with van der Waals surface area (Å²) in [5.74, 6) is 1.81. The molecule has 3 heteroatoms. The summed E-state index contributed by atoms with van der Waals surface area (Å²) in [6, 6.07) is 4.39. The molecular weight excluding hydrogens is 226 g/mol. The van der Waals surface area contributed by atoms with Gasteiger partial charge in [-0.1, -0.05) is 18.9 Å². The maximum atomic E-state index is 6.05. The van der Waals surface area contributed by atoms with E-state index in [1.165, 1.54) is 36.8 Å². The summed E-state index contributed by atoms with van der Waals surface area (Å²) in [5.41, 5.74) is 8.73. The summed E-state index contributed by atoms with van der Waals surface area (Å²) in [6.45, 7) is 4.11. The molecule has 2 N–H and O–H groups in total. The van der Waals surface area contributed by atoms with E-state index in [9.17, 15) is 0 Å². The van der Waals surface area contributed by atoms with E-state index in [0.29, 0.717) is 13.2 Å². The van der Waals surface area contributed by atoms with Gasteiger partial charge in [-0.15, -0.1) is 0 Å². The van der Waals surface area contributed by atoms with Gasteiger partial charge in [-0.05, 0) is 37.0 Å². The molecule has 1 aromatic rings. The van der Waals surface area contributed by atoms with Crippen LogP contribution in [0.15, 0.2) is 12.1 Å². The van der Waals surface area contributed by atoms with Gasteiger partial charge in [0, 0.05) is 12.0 Å². The monoisotopic (exact) mass is 247 g/mol. The van der Waals surface area contributed by atoms with Crippen LogP contribution in [0.2, 0.25) is 0 Å². The Morgan fingerprint density at radius 1 is 1.17 bits per heavy atom. The van der Waals surface area contributed by atoms with E-state index in [-0.39, 0.29) is 5.41 Å². The normalized spacial score (nSPS) is 21.0. The molecule has 98 valence electrons. The molecule has 18 heavy (non-hydrogen) atoms. The maximum Gasteiger partial charge on any atom is 0.164 e. The van der Waals surface area contributed by atoms with Crippen LogP contribution in [-0.4, -0.2) is 19.8 Å². The Morgan fingerprint density at radius 2 is 1.89 bits per heavy atom. The third-order valence-electron chi connectivity index (χ3n) is 4.39. The summed E-state index contributed by atoms with van der Waals surface area (Å²) < 4.78 is 11.4. The number of ether oxygens (including phenoxy) is 2. The molecule has 0 radical (unpaired) electrons. The first-order valence-corrected chi connectivity index (χ1v) is 6.86. The van der Waals surface area contributed by atoms with Crippen LogP contribution >= 0.6 is 0 Å². The molecule has 1 heterocycles. The van der Waals surface area contributed by atoms with Gasteiger partial charge in [0.05, 0.1) is 0 Å². The molecule has 1 aromatic carbocycles. The van der Waals surface area contributed by atoms with Gasteiger partial charge >= 0.3 is 0 Å². The van der Waals surface area contributed by atoms with E-state index in [2.05, 4.69) is 19.1 Å². The van der Waals surface area contributed by atoms with Crippen LogP contribution in [0.3, 0.4) is 0 Å². The van der Waals surface area contributed by atoms with E-state index in [1.54, 1.807) is 0 Å². The van der Waals surface area contributed by atoms with Crippen LogP contribution < -0.4 is 15.2 Å². The van der Waals surface area contributed by atoms with Crippen molar-refractivity contribution >= 4 is 0 Å². The Labute approximate surface area is 108 Å². The molecule has 0 atom stereocenters. The van der Waals surface area contributed by atoms with E-state index in [1.807, 2.05) is 0 Å². The highest BCUT2D eigenvalue weighted by Crippen LogP contribution is 2.44. The number of hydrogen-bond donors (Lipinski definition) is 1. The molecule has 0 saturated heterocycles. The van der Waals surface area contributed by atoms with Gasteiger partial charge in [-0.25, -0.2) is 0 Å². The highest BCUT2D eigenvalue weighted by Gasteiger charge is 2.35. The van der Waals surface area contributed by atoms with Gasteiger partial charge in [-0.2, -0.15) is 0 Å². The number of nitrogens with two attached hydrogens (primary N) is 1. The van der Waals surface area contributed by atoms with E-state index in [4.69, 9.17) is 15.2 Å². The molecule has 0 bridgehead atoms. The topological polar surface area (TPSA) is 44.5 Å². The highest BCUT2D eigenvalue weighted by atomic mass is 16.6. The van der Waals surface area contributed by atoms with Crippen LogP contribution in [0.1, 0.15) is 36.8 Å². The Kier molecular flexibility index (Phi) is 2.94. The summed E-state index contributed by atoms with van der Waals surface area (Å²) in [6.07, 6.45) is 4.96. The second kappa shape index (κ2) is 4.47. The fourth-order valence-corrected chi connectivity index (χ4v) is 3.30. The second-order valence-electron chi connectivity index (χ2n) is 5.51. The molecule has 0 unspecified atom stereocenters. The Morgan fingerprint density at radius 3 is 2.61 bits per heavy atom. The Bertz CT molecular complexity index is 450. The van der Waals surface area contributed by atoms with Gasteiger partial charge in [0.1, 0.15) is 13.2 Å². The van der Waals surface area contributed by atoms with Crippen molar-refractivity contribution in [2.45, 2.75) is 38.0 Å². The average Bonchev–Trinajstić information content (AvgIpc) is 2.89. The molecule has 0 spiro atoms. The van der Waals surface area contributed by atoms with Crippen LogP contribution in [-0.2, 0) is 5.41 Å². The number of fused-ring (bicyclic) bond motifs is 1. The van der Waals surface area contributed by atoms with Crippen LogP contribution in [0.5, 0.6) is 11.5 Å². The predicted molar refractivity (Wildman–Crippen MR) is 71.4 cm³/mol. The van der Waals surface area contributed by atoms with Crippen LogP contribution in [0.4, 0.5) is 0 Å². The van der Waals surface area contributed by atoms with Gasteiger partial charge in [0.2, 0.25) is 0 Å². The van der Waals surface area contributed by atoms with Crippen LogP contribution in [0.25, 0.3) is 0 Å². The standard InChI is InChI=1S/C15H21NO2/c1-11-8-12(15(10-16)4-2-3-5-15)9-13-14(11)18-7-6-17-13/h8-9H,2-7,10,16H2,1H3. The molecule has 0 aromatic heterocycles. The summed E-state index contributed by atoms with van der Waals surface area (Å²) in [7, 11) is 0. The summed E-state index contributed by atoms with van der Waals surface area (Å²) >= 11 is 0. The van der Waals surface area contributed by atoms with Gasteiger partial charge in [0.15, 0.2) is 11.5 Å². The first-order chi connectivity index (χ1) is 8.75. The molecule has 1 aliphatic heterocycles. The lowest BCUT2D eigenvalue weighted by molar-refractivity contribution is 0.170. The maximum absolute atomic E-state index is 6.05. The third-order valence-corrected chi connectivity index (χ3v) is 4.39. The third kappa shape index (κ3) is 1.77. The quantitative estimate of drug-likeness (QED) is 0.873. The Hall–Kier alpha value is -1.22. The van der Waals surface area contributed by atoms with Crippen molar-refractivity contribution in [2.75, 3.05) is 19.8 Å². The zero-order valence-corrected chi connectivity index (χ0v) is 11.0. The molecule has 0 amide bonds. The summed E-state index contributed by atoms with van der Waals surface area (Å²) in [4.78, 5) is 0.